The Hall–Kier alpha value is -2.65. The van der Waals surface area contributed by atoms with E-state index in [2.05, 4.69) is 20.3 Å². The molecular weight excluding hydrogens is 420 g/mol. The first kappa shape index (κ1) is 20.6. The number of nitrogens with zero attached hydrogens (tertiary/aromatic N) is 1. The minimum Gasteiger partial charge on any atom is -0.335 e. The zero-order valence-electron chi connectivity index (χ0n) is 16.6. The number of hydrogen-bond acceptors (Lipinski definition) is 5. The average Bonchev–Trinajstić information content (AvgIpc) is 3.09. The van der Waals surface area contributed by atoms with Crippen LogP contribution in [0.3, 0.4) is 0 Å². The lowest BCUT2D eigenvalue weighted by molar-refractivity contribution is 0.244. The molecule has 158 valence electrons. The number of thiazole rings is 1. The third-order valence-electron chi connectivity index (χ3n) is 5.14. The molecule has 3 aromatic rings. The van der Waals surface area contributed by atoms with Crippen LogP contribution in [0.15, 0.2) is 47.4 Å². The number of benzene rings is 2. The molecule has 1 heterocycles. The van der Waals surface area contributed by atoms with Crippen molar-refractivity contribution in [2.45, 2.75) is 50.0 Å². The topological polar surface area (TPSA) is 100 Å². The highest BCUT2D eigenvalue weighted by Crippen LogP contribution is 2.30. The zero-order valence-corrected chi connectivity index (χ0v) is 18.3. The van der Waals surface area contributed by atoms with E-state index in [4.69, 9.17) is 0 Å². The molecule has 1 aliphatic rings. The second-order valence-electron chi connectivity index (χ2n) is 7.55. The molecule has 0 radical (unpaired) electrons. The normalized spacial score (nSPS) is 15.1. The largest absolute Gasteiger partial charge is 0.335 e. The van der Waals surface area contributed by atoms with Gasteiger partial charge in [0.1, 0.15) is 0 Å². The first-order chi connectivity index (χ1) is 14.4. The number of aryl methyl sites for hydroxylation is 1. The predicted octanol–water partition coefficient (Wildman–Crippen LogP) is 4.86. The number of sulfonamides is 1. The van der Waals surface area contributed by atoms with Crippen LogP contribution in [0.1, 0.15) is 37.7 Å². The summed E-state index contributed by atoms with van der Waals surface area (Å²) in [4.78, 5) is 16.8. The monoisotopic (exact) mass is 444 g/mol. The quantitative estimate of drug-likeness (QED) is 0.523. The Labute approximate surface area is 180 Å². The third kappa shape index (κ3) is 4.91. The van der Waals surface area contributed by atoms with Crippen LogP contribution in [-0.2, 0) is 10.0 Å². The minimum absolute atomic E-state index is 0.189. The van der Waals surface area contributed by atoms with E-state index in [0.717, 1.165) is 35.9 Å². The van der Waals surface area contributed by atoms with Gasteiger partial charge in [0.2, 0.25) is 0 Å². The second-order valence-corrected chi connectivity index (χ2v) is 10.3. The molecule has 4 rings (SSSR count). The summed E-state index contributed by atoms with van der Waals surface area (Å²) in [5.41, 5.74) is 2.30. The molecule has 1 fully saturated rings. The number of carbonyl (C=O) groups is 1. The average molecular weight is 445 g/mol. The Kier molecular flexibility index (Phi) is 5.92. The summed E-state index contributed by atoms with van der Waals surface area (Å²) in [5, 5.41) is 6.17. The van der Waals surface area contributed by atoms with Crippen molar-refractivity contribution in [3.8, 4) is 0 Å². The van der Waals surface area contributed by atoms with Gasteiger partial charge in [-0.2, -0.15) is 0 Å². The Bertz CT molecular complexity index is 1150. The number of amides is 2. The van der Waals surface area contributed by atoms with E-state index in [0.29, 0.717) is 11.2 Å². The molecule has 1 saturated carbocycles. The SMILES string of the molecule is Cc1ccc(S(=O)(=O)Nc2nc3ccc(NC(=O)NC4CCCCC4)cc3s2)cc1. The number of nitrogens with one attached hydrogen (secondary N) is 3. The Morgan fingerprint density at radius 2 is 1.80 bits per heavy atom. The maximum atomic E-state index is 12.6. The van der Waals surface area contributed by atoms with Crippen molar-refractivity contribution in [3.63, 3.8) is 0 Å². The van der Waals surface area contributed by atoms with E-state index >= 15 is 0 Å². The summed E-state index contributed by atoms with van der Waals surface area (Å²) in [5.74, 6) is 0. The van der Waals surface area contributed by atoms with Gasteiger partial charge in [0.15, 0.2) is 5.13 Å². The first-order valence-corrected chi connectivity index (χ1v) is 12.3. The Balaban J connectivity index is 1.45. The van der Waals surface area contributed by atoms with Crippen molar-refractivity contribution < 1.29 is 13.2 Å². The smallest absolute Gasteiger partial charge is 0.319 e. The van der Waals surface area contributed by atoms with Crippen molar-refractivity contribution in [1.29, 1.82) is 0 Å². The Morgan fingerprint density at radius 3 is 2.53 bits per heavy atom. The highest BCUT2D eigenvalue weighted by atomic mass is 32.2. The minimum atomic E-state index is -3.71. The standard InChI is InChI=1S/C21H24N4O3S2/c1-14-7-10-17(11-8-14)30(27,28)25-21-24-18-12-9-16(13-19(18)29-21)23-20(26)22-15-5-3-2-4-6-15/h7-13,15H,2-6H2,1H3,(H,24,25)(H2,22,23,26). The van der Waals surface area contributed by atoms with E-state index in [9.17, 15) is 13.2 Å². The molecule has 7 nitrogen and oxygen atoms in total. The van der Waals surface area contributed by atoms with Crippen LogP contribution < -0.4 is 15.4 Å². The van der Waals surface area contributed by atoms with E-state index < -0.39 is 10.0 Å². The lowest BCUT2D eigenvalue weighted by atomic mass is 9.96. The van der Waals surface area contributed by atoms with Gasteiger partial charge in [-0.15, -0.1) is 0 Å². The molecule has 30 heavy (non-hydrogen) atoms. The van der Waals surface area contributed by atoms with Gasteiger partial charge < -0.3 is 10.6 Å². The molecule has 0 saturated heterocycles. The van der Waals surface area contributed by atoms with Gasteiger partial charge in [-0.05, 0) is 50.1 Å². The van der Waals surface area contributed by atoms with Crippen molar-refractivity contribution >= 4 is 48.4 Å². The number of urea groups is 1. The van der Waals surface area contributed by atoms with Crippen molar-refractivity contribution in [2.75, 3.05) is 10.0 Å². The maximum absolute atomic E-state index is 12.6. The second kappa shape index (κ2) is 8.61. The maximum Gasteiger partial charge on any atom is 0.319 e. The number of anilines is 2. The summed E-state index contributed by atoms with van der Waals surface area (Å²) in [6.07, 6.45) is 5.58. The van der Waals surface area contributed by atoms with Gasteiger partial charge in [0.25, 0.3) is 10.0 Å². The molecule has 0 spiro atoms. The van der Waals surface area contributed by atoms with Crippen molar-refractivity contribution in [1.82, 2.24) is 10.3 Å². The van der Waals surface area contributed by atoms with Gasteiger partial charge in [0.05, 0.1) is 15.1 Å². The van der Waals surface area contributed by atoms with E-state index in [1.807, 2.05) is 6.92 Å². The zero-order chi connectivity index (χ0) is 21.1. The van der Waals surface area contributed by atoms with Gasteiger partial charge in [0, 0.05) is 11.7 Å². The van der Waals surface area contributed by atoms with Gasteiger partial charge in [-0.1, -0.05) is 48.3 Å². The van der Waals surface area contributed by atoms with Crippen LogP contribution in [0.25, 0.3) is 10.2 Å². The molecular formula is C21H24N4O3S2. The highest BCUT2D eigenvalue weighted by Gasteiger charge is 2.18. The van der Waals surface area contributed by atoms with Gasteiger partial charge >= 0.3 is 6.03 Å². The molecule has 2 aromatic carbocycles. The van der Waals surface area contributed by atoms with Crippen LogP contribution in [0.2, 0.25) is 0 Å². The first-order valence-electron chi connectivity index (χ1n) is 9.97. The fraction of sp³-hybridized carbons (Fsp3) is 0.333. The fourth-order valence-corrected chi connectivity index (χ4v) is 5.68. The number of fused-ring (bicyclic) bond motifs is 1. The summed E-state index contributed by atoms with van der Waals surface area (Å²) in [6.45, 7) is 1.90. The molecule has 0 bridgehead atoms. The van der Waals surface area contributed by atoms with Gasteiger partial charge in [-0.25, -0.2) is 18.2 Å². The fourth-order valence-electron chi connectivity index (χ4n) is 3.54. The highest BCUT2D eigenvalue weighted by molar-refractivity contribution is 7.93. The summed E-state index contributed by atoms with van der Waals surface area (Å²) >= 11 is 1.23. The summed E-state index contributed by atoms with van der Waals surface area (Å²) in [6, 6.07) is 12.0. The van der Waals surface area contributed by atoms with Crippen LogP contribution in [0, 0.1) is 6.92 Å². The van der Waals surface area contributed by atoms with Crippen molar-refractivity contribution in [2.24, 2.45) is 0 Å². The number of rotatable bonds is 5. The molecule has 0 unspecified atom stereocenters. The van der Waals surface area contributed by atoms with E-state index in [1.165, 1.54) is 17.8 Å². The molecule has 2 amide bonds. The number of hydrogen-bond donors (Lipinski definition) is 3. The summed E-state index contributed by atoms with van der Waals surface area (Å²) < 4.78 is 28.5. The number of aromatic nitrogens is 1. The lowest BCUT2D eigenvalue weighted by Crippen LogP contribution is -2.38. The Morgan fingerprint density at radius 1 is 1.07 bits per heavy atom. The van der Waals surface area contributed by atoms with Crippen LogP contribution in [0.4, 0.5) is 15.6 Å². The molecule has 0 atom stereocenters. The van der Waals surface area contributed by atoms with E-state index in [1.54, 1.807) is 42.5 Å². The molecule has 3 N–H and O–H groups in total. The predicted molar refractivity (Wildman–Crippen MR) is 121 cm³/mol. The van der Waals surface area contributed by atoms with Crippen LogP contribution in [-0.4, -0.2) is 25.5 Å². The molecule has 1 aliphatic carbocycles. The molecule has 9 heteroatoms. The van der Waals surface area contributed by atoms with Crippen molar-refractivity contribution in [3.05, 3.63) is 48.0 Å². The molecule has 1 aromatic heterocycles. The van der Waals surface area contributed by atoms with Gasteiger partial charge in [-0.3, -0.25) is 4.72 Å². The lowest BCUT2D eigenvalue weighted by Gasteiger charge is -2.22. The molecule has 0 aliphatic heterocycles. The number of carbonyl (C=O) groups excluding carboxylic acids is 1. The van der Waals surface area contributed by atoms with Crippen LogP contribution >= 0.6 is 11.3 Å². The van der Waals surface area contributed by atoms with Crippen LogP contribution in [0.5, 0.6) is 0 Å². The summed E-state index contributed by atoms with van der Waals surface area (Å²) in [7, 11) is -3.71. The van der Waals surface area contributed by atoms with E-state index in [-0.39, 0.29) is 22.1 Å². The third-order valence-corrected chi connectivity index (χ3v) is 7.56.